The fourth-order valence-corrected chi connectivity index (χ4v) is 9.28. The highest BCUT2D eigenvalue weighted by Gasteiger charge is 2.53. The van der Waals surface area contributed by atoms with Gasteiger partial charge in [0.2, 0.25) is 5.95 Å². The molecule has 2 saturated carbocycles. The fraction of sp³-hybridized carbons (Fsp3) is 0.548. The molecule has 2 aromatic heterocycles. The Labute approximate surface area is 256 Å². The smallest absolute Gasteiger partial charge is 0.407 e. The van der Waals surface area contributed by atoms with Crippen LogP contribution in [0.1, 0.15) is 77.3 Å². The first kappa shape index (κ1) is 29.9. The van der Waals surface area contributed by atoms with E-state index in [1.807, 2.05) is 27.7 Å². The summed E-state index contributed by atoms with van der Waals surface area (Å²) in [6.07, 6.45) is 6.45. The monoisotopic (exact) mass is 627 g/mol. The van der Waals surface area contributed by atoms with Crippen LogP contribution in [-0.4, -0.2) is 56.9 Å². The lowest BCUT2D eigenvalue weighted by Crippen LogP contribution is -2.54. The van der Waals surface area contributed by atoms with Crippen molar-refractivity contribution in [1.82, 2.24) is 19.4 Å². The third kappa shape index (κ3) is 5.28. The quantitative estimate of drug-likeness (QED) is 0.335. The van der Waals surface area contributed by atoms with Crippen LogP contribution < -0.4 is 10.9 Å². The second-order valence-electron chi connectivity index (χ2n) is 13.6. The van der Waals surface area contributed by atoms with Crippen LogP contribution >= 0.6 is 11.6 Å². The van der Waals surface area contributed by atoms with E-state index in [1.54, 1.807) is 35.0 Å². The molecule has 6 rings (SSSR count). The first-order valence-corrected chi connectivity index (χ1v) is 16.8. The number of hydrogen-bond donors (Lipinski definition) is 2. The van der Waals surface area contributed by atoms with Gasteiger partial charge in [0.25, 0.3) is 5.56 Å². The molecule has 1 aromatic carbocycles. The summed E-state index contributed by atoms with van der Waals surface area (Å²) in [6, 6.07) is 6.19. The summed E-state index contributed by atoms with van der Waals surface area (Å²) in [4.78, 5) is 35.9. The van der Waals surface area contributed by atoms with Gasteiger partial charge >= 0.3 is 6.09 Å². The Kier molecular flexibility index (Phi) is 7.27. The lowest BCUT2D eigenvalue weighted by atomic mass is 9.80. The van der Waals surface area contributed by atoms with E-state index < -0.39 is 32.6 Å². The van der Waals surface area contributed by atoms with E-state index in [0.717, 1.165) is 32.1 Å². The van der Waals surface area contributed by atoms with Crippen molar-refractivity contribution in [1.29, 1.82) is 0 Å². The Morgan fingerprint density at radius 1 is 1.16 bits per heavy atom. The highest BCUT2D eigenvalue weighted by Crippen LogP contribution is 2.63. The zero-order valence-corrected chi connectivity index (χ0v) is 26.5. The number of nitrogens with one attached hydrogen (secondary N) is 1. The Hall–Kier alpha value is -3.18. The number of hydrogen-bond acceptors (Lipinski definition) is 7. The molecule has 1 amide bonds. The van der Waals surface area contributed by atoms with Gasteiger partial charge < -0.3 is 15.3 Å². The van der Waals surface area contributed by atoms with Crippen molar-refractivity contribution in [2.24, 2.45) is 10.8 Å². The van der Waals surface area contributed by atoms with Gasteiger partial charge in [-0.3, -0.25) is 9.36 Å². The Bertz CT molecular complexity index is 1780. The van der Waals surface area contributed by atoms with Crippen molar-refractivity contribution < 1.29 is 18.3 Å². The average molecular weight is 628 g/mol. The molecular weight excluding hydrogens is 590 g/mol. The van der Waals surface area contributed by atoms with Gasteiger partial charge in [0.05, 0.1) is 10.1 Å². The van der Waals surface area contributed by atoms with Gasteiger partial charge in [-0.2, -0.15) is 4.98 Å². The van der Waals surface area contributed by atoms with Crippen LogP contribution in [0.15, 0.2) is 40.2 Å². The van der Waals surface area contributed by atoms with E-state index in [-0.39, 0.29) is 46.3 Å². The van der Waals surface area contributed by atoms with Gasteiger partial charge in [-0.25, -0.2) is 18.2 Å². The molecule has 1 saturated heterocycles. The number of halogens is 1. The van der Waals surface area contributed by atoms with E-state index >= 15 is 0 Å². The highest BCUT2D eigenvalue weighted by molar-refractivity contribution is 7.92. The number of carboxylic acid groups (broad SMARTS) is 1. The molecule has 2 aliphatic carbocycles. The van der Waals surface area contributed by atoms with Crippen LogP contribution in [0.5, 0.6) is 0 Å². The Morgan fingerprint density at radius 3 is 2.56 bits per heavy atom. The van der Waals surface area contributed by atoms with Crippen LogP contribution in [0, 0.1) is 17.8 Å². The molecule has 10 nitrogen and oxygen atoms in total. The summed E-state index contributed by atoms with van der Waals surface area (Å²) in [5, 5.41) is 13.1. The minimum Gasteiger partial charge on any atom is -0.465 e. The van der Waals surface area contributed by atoms with E-state index in [4.69, 9.17) is 16.6 Å². The third-order valence-electron chi connectivity index (χ3n) is 9.80. The first-order chi connectivity index (χ1) is 20.2. The van der Waals surface area contributed by atoms with Crippen molar-refractivity contribution in [3.8, 4) is 0 Å². The van der Waals surface area contributed by atoms with E-state index in [2.05, 4.69) is 10.3 Å². The number of amides is 1. The molecule has 3 atom stereocenters. The van der Waals surface area contributed by atoms with Gasteiger partial charge in [-0.15, -0.1) is 0 Å². The molecule has 43 heavy (non-hydrogen) atoms. The molecule has 3 fully saturated rings. The van der Waals surface area contributed by atoms with E-state index in [0.29, 0.717) is 28.2 Å². The molecule has 2 N–H and O–H groups in total. The summed E-state index contributed by atoms with van der Waals surface area (Å²) in [6.45, 7) is 7.81. The number of anilines is 2. The lowest BCUT2D eigenvalue weighted by Gasteiger charge is -2.44. The summed E-state index contributed by atoms with van der Waals surface area (Å²) >= 11 is 6.35. The summed E-state index contributed by atoms with van der Waals surface area (Å²) in [5.74, 6) is 0.304. The lowest BCUT2D eigenvalue weighted by molar-refractivity contribution is 0.0604. The predicted octanol–water partition coefficient (Wildman–Crippen LogP) is 6.33. The molecule has 1 spiro atoms. The molecule has 3 aromatic rings. The number of piperidine rings is 1. The summed E-state index contributed by atoms with van der Waals surface area (Å²) in [7, 11) is -3.70. The van der Waals surface area contributed by atoms with E-state index in [1.165, 1.54) is 4.90 Å². The van der Waals surface area contributed by atoms with Gasteiger partial charge in [-0.1, -0.05) is 38.8 Å². The van der Waals surface area contributed by atoms with Gasteiger partial charge in [0.1, 0.15) is 10.7 Å². The molecule has 1 aliphatic heterocycles. The zero-order chi connectivity index (χ0) is 30.9. The minimum atomic E-state index is -3.70. The van der Waals surface area contributed by atoms with E-state index in [9.17, 15) is 23.1 Å². The number of likely N-dealkylation sites (tertiary alicyclic amines) is 1. The molecule has 3 heterocycles. The number of pyridine rings is 1. The highest BCUT2D eigenvalue weighted by atomic mass is 35.5. The molecule has 0 radical (unpaired) electrons. The molecule has 230 valence electrons. The third-order valence-corrected chi connectivity index (χ3v) is 12.3. The molecule has 0 bridgehead atoms. The average Bonchev–Trinajstić information content (AvgIpc) is 3.62. The number of carbonyl (C=O) groups is 1. The van der Waals surface area contributed by atoms with Crippen LogP contribution in [0.2, 0.25) is 5.02 Å². The predicted molar refractivity (Wildman–Crippen MR) is 166 cm³/mol. The molecular formula is C31H38ClN5O5S. The second-order valence-corrected chi connectivity index (χ2v) is 16.2. The minimum absolute atomic E-state index is 0.0652. The Balaban J connectivity index is 1.28. The maximum absolute atomic E-state index is 13.7. The number of sulfone groups is 1. The van der Waals surface area contributed by atoms with Crippen molar-refractivity contribution in [2.75, 3.05) is 11.9 Å². The number of aromatic nitrogens is 3. The summed E-state index contributed by atoms with van der Waals surface area (Å²) in [5.41, 5.74) is 1.42. The van der Waals surface area contributed by atoms with Crippen molar-refractivity contribution in [2.45, 2.75) is 94.9 Å². The van der Waals surface area contributed by atoms with Gasteiger partial charge in [0.15, 0.2) is 9.84 Å². The topological polar surface area (TPSA) is 134 Å². The summed E-state index contributed by atoms with van der Waals surface area (Å²) < 4.78 is 29.2. The van der Waals surface area contributed by atoms with Gasteiger partial charge in [-0.05, 0) is 86.1 Å². The van der Waals surface area contributed by atoms with Crippen molar-refractivity contribution in [3.05, 3.63) is 51.4 Å². The number of benzene rings is 1. The standard InChI is InChI=1S/C31H38ClN5O5S/c1-18-14-20(43(41,42)21-9-13-36(29(39)40)25(16-21)30(2,3)4)7-8-23(18)34-28-33-17-19-15-22(32)27(38)37(26(19)35-28)24-6-5-10-31(24)11-12-31/h7-8,14-15,17,21,24-25H,5-6,9-13,16H2,1-4H3,(H,39,40)(H,33,34,35). The fourth-order valence-electron chi connectivity index (χ4n) is 7.23. The molecule has 3 unspecified atom stereocenters. The number of nitrogens with zero attached hydrogens (tertiary/aromatic N) is 4. The number of fused-ring (bicyclic) bond motifs is 1. The van der Waals surface area contributed by atoms with Crippen LogP contribution in [0.25, 0.3) is 11.0 Å². The largest absolute Gasteiger partial charge is 0.465 e. The first-order valence-electron chi connectivity index (χ1n) is 14.9. The van der Waals surface area contributed by atoms with Gasteiger partial charge in [0, 0.05) is 35.9 Å². The van der Waals surface area contributed by atoms with Crippen LogP contribution in [0.4, 0.5) is 16.4 Å². The molecule has 3 aliphatic rings. The normalized spacial score (nSPS) is 23.6. The maximum Gasteiger partial charge on any atom is 0.407 e. The van der Waals surface area contributed by atoms with Crippen molar-refractivity contribution >= 4 is 50.2 Å². The Morgan fingerprint density at radius 2 is 1.91 bits per heavy atom. The maximum atomic E-state index is 13.7. The van der Waals surface area contributed by atoms with Crippen LogP contribution in [0.3, 0.4) is 0 Å². The van der Waals surface area contributed by atoms with Crippen LogP contribution in [-0.2, 0) is 9.84 Å². The SMILES string of the molecule is Cc1cc(S(=O)(=O)C2CCN(C(=O)O)C(C(C)(C)C)C2)ccc1Nc1ncc2cc(Cl)c(=O)n(C3CCCC34CC4)c2n1. The molecule has 12 heteroatoms. The number of aryl methyl sites for hydroxylation is 1. The van der Waals surface area contributed by atoms with Crippen molar-refractivity contribution in [3.63, 3.8) is 0 Å². The number of rotatable bonds is 5. The zero-order valence-electron chi connectivity index (χ0n) is 24.9. The second kappa shape index (κ2) is 10.5.